The quantitative estimate of drug-likeness (QED) is 0.149. The summed E-state index contributed by atoms with van der Waals surface area (Å²) in [5, 5.41) is 10.1. The van der Waals surface area contributed by atoms with Crippen LogP contribution in [0.25, 0.3) is 110 Å². The normalized spacial score (nSPS) is 11.9. The van der Waals surface area contributed by atoms with Crippen molar-refractivity contribution in [2.24, 2.45) is 0 Å². The number of hydrogen-bond donors (Lipinski definition) is 0. The van der Waals surface area contributed by atoms with Gasteiger partial charge in [-0.05, 0) is 127 Å². The standard InChI is InChI=1S/C59H42N2/c1-38(2)41-17-14-18-45(35-41)61-55-26-13-11-20-47(55)53-37-43(30-34-57(53)61)42-29-33-56-52(36-42)46-19-10-12-25-54(46)60(56)44-31-27-40(28-32-44)59-50-23-8-6-21-48(50)58(39-15-4-3-5-16-39)49-22-7-9-24-51(49)59/h3-38H,1-2H3. The van der Waals surface area contributed by atoms with Crippen molar-refractivity contribution in [3.8, 4) is 44.8 Å². The van der Waals surface area contributed by atoms with Gasteiger partial charge in [-0.3, -0.25) is 0 Å². The summed E-state index contributed by atoms with van der Waals surface area (Å²) < 4.78 is 4.85. The Kier molecular flexibility index (Phi) is 8.08. The average Bonchev–Trinajstić information content (AvgIpc) is 3.83. The fourth-order valence-electron chi connectivity index (χ4n) is 10.0. The van der Waals surface area contributed by atoms with Crippen LogP contribution in [-0.4, -0.2) is 9.13 Å². The monoisotopic (exact) mass is 778 g/mol. The van der Waals surface area contributed by atoms with Gasteiger partial charge in [0.05, 0.1) is 22.1 Å². The molecule has 0 spiro atoms. The summed E-state index contributed by atoms with van der Waals surface area (Å²) in [5.41, 5.74) is 16.0. The van der Waals surface area contributed by atoms with Crippen molar-refractivity contribution in [3.05, 3.63) is 218 Å². The van der Waals surface area contributed by atoms with E-state index in [1.165, 1.54) is 110 Å². The Balaban J connectivity index is 0.980. The fourth-order valence-corrected chi connectivity index (χ4v) is 10.0. The zero-order chi connectivity index (χ0) is 40.6. The van der Waals surface area contributed by atoms with Gasteiger partial charge in [0.25, 0.3) is 0 Å². The van der Waals surface area contributed by atoms with Crippen LogP contribution in [0.15, 0.2) is 212 Å². The summed E-state index contributed by atoms with van der Waals surface area (Å²) in [6.07, 6.45) is 0. The highest BCUT2D eigenvalue weighted by molar-refractivity contribution is 6.21. The molecule has 0 aliphatic carbocycles. The Hall–Kier alpha value is -7.68. The van der Waals surface area contributed by atoms with Gasteiger partial charge in [0.15, 0.2) is 0 Å². The Bertz CT molecular complexity index is 3600. The van der Waals surface area contributed by atoms with Crippen molar-refractivity contribution in [3.63, 3.8) is 0 Å². The first-order valence-electron chi connectivity index (χ1n) is 21.4. The molecule has 61 heavy (non-hydrogen) atoms. The Morgan fingerprint density at radius 3 is 1.20 bits per heavy atom. The van der Waals surface area contributed by atoms with Gasteiger partial charge in [-0.25, -0.2) is 0 Å². The first-order valence-corrected chi connectivity index (χ1v) is 21.4. The van der Waals surface area contributed by atoms with E-state index in [0.717, 1.165) is 5.69 Å². The summed E-state index contributed by atoms with van der Waals surface area (Å²) in [7, 11) is 0. The maximum Gasteiger partial charge on any atom is 0.0541 e. The lowest BCUT2D eigenvalue weighted by Gasteiger charge is -2.18. The molecule has 0 aliphatic rings. The lowest BCUT2D eigenvalue weighted by Crippen LogP contribution is -1.96. The van der Waals surface area contributed by atoms with Gasteiger partial charge in [0.2, 0.25) is 0 Å². The molecule has 0 N–H and O–H groups in total. The van der Waals surface area contributed by atoms with Crippen LogP contribution in [0.2, 0.25) is 0 Å². The SMILES string of the molecule is CC(C)c1cccc(-n2c3ccccc3c3cc(-c4ccc5c(c4)c4ccccc4n5-c4ccc(-c5c6ccccc6c(-c6ccccc6)c6ccccc56)cc4)ccc32)c1. The maximum absolute atomic E-state index is 2.43. The zero-order valence-electron chi connectivity index (χ0n) is 34.2. The molecular formula is C59H42N2. The van der Waals surface area contributed by atoms with Crippen molar-refractivity contribution in [2.75, 3.05) is 0 Å². The van der Waals surface area contributed by atoms with Crippen LogP contribution in [0.1, 0.15) is 25.3 Å². The van der Waals surface area contributed by atoms with Gasteiger partial charge < -0.3 is 9.13 Å². The second-order valence-corrected chi connectivity index (χ2v) is 16.7. The minimum Gasteiger partial charge on any atom is -0.309 e. The minimum absolute atomic E-state index is 0.463. The molecule has 10 aromatic carbocycles. The van der Waals surface area contributed by atoms with Crippen LogP contribution in [0.4, 0.5) is 0 Å². The van der Waals surface area contributed by atoms with Crippen molar-refractivity contribution in [2.45, 2.75) is 19.8 Å². The molecule has 0 amide bonds. The van der Waals surface area contributed by atoms with Crippen molar-refractivity contribution >= 4 is 65.2 Å². The Morgan fingerprint density at radius 1 is 0.279 bits per heavy atom. The van der Waals surface area contributed by atoms with E-state index in [0.29, 0.717) is 5.92 Å². The highest BCUT2D eigenvalue weighted by Gasteiger charge is 2.19. The average molecular weight is 779 g/mol. The highest BCUT2D eigenvalue weighted by Crippen LogP contribution is 2.44. The second kappa shape index (κ2) is 14.0. The van der Waals surface area contributed by atoms with E-state index in [4.69, 9.17) is 0 Å². The molecule has 0 saturated heterocycles. The van der Waals surface area contributed by atoms with Crippen LogP contribution >= 0.6 is 0 Å². The van der Waals surface area contributed by atoms with Crippen LogP contribution < -0.4 is 0 Å². The van der Waals surface area contributed by atoms with Crippen LogP contribution in [-0.2, 0) is 0 Å². The summed E-state index contributed by atoms with van der Waals surface area (Å²) in [4.78, 5) is 0. The van der Waals surface area contributed by atoms with Crippen molar-refractivity contribution < 1.29 is 0 Å². The number of nitrogens with zero attached hydrogens (tertiary/aromatic N) is 2. The number of benzene rings is 10. The van der Waals surface area contributed by atoms with E-state index in [1.807, 2.05) is 0 Å². The number of hydrogen-bond acceptors (Lipinski definition) is 0. The third kappa shape index (κ3) is 5.56. The molecule has 2 heteroatoms. The minimum atomic E-state index is 0.463. The molecule has 0 aliphatic heterocycles. The second-order valence-electron chi connectivity index (χ2n) is 16.7. The maximum atomic E-state index is 2.43. The van der Waals surface area contributed by atoms with Gasteiger partial charge in [0, 0.05) is 32.9 Å². The molecule has 0 unspecified atom stereocenters. The molecular weight excluding hydrogens is 737 g/mol. The first kappa shape index (κ1) is 35.3. The van der Waals surface area contributed by atoms with Crippen LogP contribution in [0, 0.1) is 0 Å². The summed E-state index contributed by atoms with van der Waals surface area (Å²) in [6.45, 7) is 4.52. The van der Waals surface area contributed by atoms with Gasteiger partial charge in [0.1, 0.15) is 0 Å². The molecule has 2 heterocycles. The molecule has 12 rings (SSSR count). The number of aromatic nitrogens is 2. The van der Waals surface area contributed by atoms with Crippen LogP contribution in [0.5, 0.6) is 0 Å². The predicted octanol–water partition coefficient (Wildman–Crippen LogP) is 16.3. The summed E-state index contributed by atoms with van der Waals surface area (Å²) >= 11 is 0. The predicted molar refractivity (Wildman–Crippen MR) is 261 cm³/mol. The largest absolute Gasteiger partial charge is 0.309 e. The lowest BCUT2D eigenvalue weighted by molar-refractivity contribution is 0.864. The number of rotatable bonds is 6. The molecule has 12 aromatic rings. The lowest BCUT2D eigenvalue weighted by atomic mass is 9.86. The Morgan fingerprint density at radius 2 is 0.689 bits per heavy atom. The third-order valence-electron chi connectivity index (χ3n) is 12.9. The van der Waals surface area contributed by atoms with Gasteiger partial charge >= 0.3 is 0 Å². The molecule has 2 nitrogen and oxygen atoms in total. The molecule has 0 radical (unpaired) electrons. The molecule has 0 fully saturated rings. The summed E-state index contributed by atoms with van der Waals surface area (Å²) in [6, 6.07) is 78.4. The number of para-hydroxylation sites is 2. The highest BCUT2D eigenvalue weighted by atomic mass is 15.0. The van der Waals surface area contributed by atoms with E-state index >= 15 is 0 Å². The zero-order valence-corrected chi connectivity index (χ0v) is 34.2. The van der Waals surface area contributed by atoms with E-state index in [1.54, 1.807) is 0 Å². The molecule has 288 valence electrons. The van der Waals surface area contributed by atoms with Gasteiger partial charge in [-0.2, -0.15) is 0 Å². The summed E-state index contributed by atoms with van der Waals surface area (Å²) in [5.74, 6) is 0.463. The van der Waals surface area contributed by atoms with Gasteiger partial charge in [-0.15, -0.1) is 0 Å². The van der Waals surface area contributed by atoms with Crippen molar-refractivity contribution in [1.29, 1.82) is 0 Å². The molecule has 2 aromatic heterocycles. The Labute approximate surface area is 355 Å². The smallest absolute Gasteiger partial charge is 0.0541 e. The van der Waals surface area contributed by atoms with E-state index in [-0.39, 0.29) is 0 Å². The number of fused-ring (bicyclic) bond motifs is 8. The van der Waals surface area contributed by atoms with Crippen LogP contribution in [0.3, 0.4) is 0 Å². The topological polar surface area (TPSA) is 9.86 Å². The van der Waals surface area contributed by atoms with E-state index in [2.05, 4.69) is 235 Å². The van der Waals surface area contributed by atoms with E-state index < -0.39 is 0 Å². The fraction of sp³-hybridized carbons (Fsp3) is 0.0508. The molecule has 0 saturated carbocycles. The molecule has 0 bridgehead atoms. The third-order valence-corrected chi connectivity index (χ3v) is 12.9. The van der Waals surface area contributed by atoms with Crippen molar-refractivity contribution in [1.82, 2.24) is 9.13 Å². The van der Waals surface area contributed by atoms with Gasteiger partial charge in [-0.1, -0.05) is 166 Å². The molecule has 0 atom stereocenters. The first-order chi connectivity index (χ1) is 30.1. The van der Waals surface area contributed by atoms with E-state index in [9.17, 15) is 0 Å².